The lowest BCUT2D eigenvalue weighted by atomic mass is 9.73. The minimum absolute atomic E-state index is 0.0564. The molecule has 0 saturated heterocycles. The van der Waals surface area contributed by atoms with Gasteiger partial charge in [0.1, 0.15) is 0 Å². The summed E-state index contributed by atoms with van der Waals surface area (Å²) in [6.45, 7) is 7.49. The molecule has 1 fully saturated rings. The Morgan fingerprint density at radius 2 is 2.17 bits per heavy atom. The molecule has 0 aromatic carbocycles. The van der Waals surface area contributed by atoms with E-state index in [1.54, 1.807) is 7.11 Å². The number of nitrogens with one attached hydrogen (secondary N) is 2. The van der Waals surface area contributed by atoms with E-state index in [-0.39, 0.29) is 11.9 Å². The van der Waals surface area contributed by atoms with Crippen molar-refractivity contribution in [2.45, 2.75) is 58.5 Å². The van der Waals surface area contributed by atoms with Gasteiger partial charge in [-0.1, -0.05) is 26.7 Å². The summed E-state index contributed by atoms with van der Waals surface area (Å²) in [5.41, 5.74) is 0.302. The topological polar surface area (TPSA) is 50.4 Å². The van der Waals surface area contributed by atoms with Crippen molar-refractivity contribution >= 4 is 5.91 Å². The Morgan fingerprint density at radius 3 is 2.78 bits per heavy atom. The molecule has 0 aromatic heterocycles. The maximum atomic E-state index is 11.8. The molecule has 0 aliphatic heterocycles. The van der Waals surface area contributed by atoms with Crippen LogP contribution in [0.1, 0.15) is 46.5 Å². The first kappa shape index (κ1) is 15.4. The van der Waals surface area contributed by atoms with E-state index in [2.05, 4.69) is 24.5 Å². The molecule has 2 unspecified atom stereocenters. The second-order valence-corrected chi connectivity index (χ2v) is 6.09. The molecule has 1 saturated carbocycles. The molecule has 0 aromatic rings. The highest BCUT2D eigenvalue weighted by atomic mass is 16.5. The fourth-order valence-electron chi connectivity index (χ4n) is 2.71. The smallest absolute Gasteiger partial charge is 0.234 e. The number of hydrogen-bond acceptors (Lipinski definition) is 3. The van der Waals surface area contributed by atoms with Crippen LogP contribution in [0.15, 0.2) is 0 Å². The number of methoxy groups -OCH3 is 1. The van der Waals surface area contributed by atoms with Gasteiger partial charge < -0.3 is 15.4 Å². The Labute approximate surface area is 111 Å². The van der Waals surface area contributed by atoms with Crippen molar-refractivity contribution in [1.82, 2.24) is 10.6 Å². The van der Waals surface area contributed by atoms with Crippen LogP contribution < -0.4 is 10.6 Å². The number of rotatable bonds is 6. The molecule has 106 valence electrons. The standard InChI is InChI=1S/C14H28N2O2/c1-11(10-18-4)16-13(17)9-15-12-7-5-6-8-14(12,2)3/h11-12,15H,5-10H2,1-4H3,(H,16,17). The van der Waals surface area contributed by atoms with Gasteiger partial charge in [-0.15, -0.1) is 0 Å². The lowest BCUT2D eigenvalue weighted by Crippen LogP contribution is -2.49. The van der Waals surface area contributed by atoms with E-state index in [1.807, 2.05) is 6.92 Å². The van der Waals surface area contributed by atoms with Gasteiger partial charge in [-0.3, -0.25) is 4.79 Å². The molecule has 1 amide bonds. The van der Waals surface area contributed by atoms with E-state index < -0.39 is 0 Å². The second kappa shape index (κ2) is 7.10. The van der Waals surface area contributed by atoms with Crippen LogP contribution in [0.3, 0.4) is 0 Å². The molecule has 4 heteroatoms. The van der Waals surface area contributed by atoms with Crippen molar-refractivity contribution in [2.75, 3.05) is 20.3 Å². The van der Waals surface area contributed by atoms with Crippen molar-refractivity contribution in [1.29, 1.82) is 0 Å². The molecular formula is C14H28N2O2. The second-order valence-electron chi connectivity index (χ2n) is 6.09. The van der Waals surface area contributed by atoms with E-state index in [0.717, 1.165) is 0 Å². The summed E-state index contributed by atoms with van der Waals surface area (Å²) in [7, 11) is 1.64. The molecule has 2 N–H and O–H groups in total. The first-order chi connectivity index (χ1) is 8.45. The third-order valence-corrected chi connectivity index (χ3v) is 3.84. The summed E-state index contributed by atoms with van der Waals surface area (Å²) in [4.78, 5) is 11.8. The number of ether oxygens (including phenoxy) is 1. The summed E-state index contributed by atoms with van der Waals surface area (Å²) in [5.74, 6) is 0.0564. The monoisotopic (exact) mass is 256 g/mol. The van der Waals surface area contributed by atoms with Crippen molar-refractivity contribution in [3.63, 3.8) is 0 Å². The van der Waals surface area contributed by atoms with Crippen LogP contribution in [0, 0.1) is 5.41 Å². The van der Waals surface area contributed by atoms with Crippen molar-refractivity contribution in [3.8, 4) is 0 Å². The van der Waals surface area contributed by atoms with Gasteiger partial charge in [-0.05, 0) is 25.2 Å². The number of carbonyl (C=O) groups is 1. The normalized spacial score (nSPS) is 24.6. The van der Waals surface area contributed by atoms with Gasteiger partial charge in [0.15, 0.2) is 0 Å². The number of amides is 1. The first-order valence-corrected chi connectivity index (χ1v) is 6.97. The average Bonchev–Trinajstić information content (AvgIpc) is 2.27. The van der Waals surface area contributed by atoms with Crippen LogP contribution in [0.4, 0.5) is 0 Å². The van der Waals surface area contributed by atoms with Gasteiger partial charge in [0.2, 0.25) is 5.91 Å². The van der Waals surface area contributed by atoms with E-state index in [4.69, 9.17) is 4.74 Å². The quantitative estimate of drug-likeness (QED) is 0.760. The molecule has 0 bridgehead atoms. The highest BCUT2D eigenvalue weighted by Gasteiger charge is 2.31. The Bertz CT molecular complexity index is 267. The molecule has 0 heterocycles. The van der Waals surface area contributed by atoms with Crippen molar-refractivity contribution in [3.05, 3.63) is 0 Å². The molecule has 1 aliphatic rings. The molecule has 0 spiro atoms. The van der Waals surface area contributed by atoms with Crippen LogP contribution >= 0.6 is 0 Å². The van der Waals surface area contributed by atoms with Gasteiger partial charge in [-0.2, -0.15) is 0 Å². The van der Waals surface area contributed by atoms with Crippen LogP contribution in [-0.4, -0.2) is 38.3 Å². The largest absolute Gasteiger partial charge is 0.383 e. The highest BCUT2D eigenvalue weighted by molar-refractivity contribution is 5.78. The summed E-state index contributed by atoms with van der Waals surface area (Å²) >= 11 is 0. The lowest BCUT2D eigenvalue weighted by molar-refractivity contribution is -0.121. The Morgan fingerprint density at radius 1 is 1.44 bits per heavy atom. The fourth-order valence-corrected chi connectivity index (χ4v) is 2.71. The first-order valence-electron chi connectivity index (χ1n) is 6.97. The molecule has 2 atom stereocenters. The third-order valence-electron chi connectivity index (χ3n) is 3.84. The fraction of sp³-hybridized carbons (Fsp3) is 0.929. The van der Waals surface area contributed by atoms with Crippen LogP contribution in [0.25, 0.3) is 0 Å². The minimum Gasteiger partial charge on any atom is -0.383 e. The lowest BCUT2D eigenvalue weighted by Gasteiger charge is -2.39. The van der Waals surface area contributed by atoms with E-state index in [9.17, 15) is 4.79 Å². The summed E-state index contributed by atoms with van der Waals surface area (Å²) in [6, 6.07) is 0.526. The van der Waals surface area contributed by atoms with Crippen LogP contribution in [-0.2, 0) is 9.53 Å². The van der Waals surface area contributed by atoms with Gasteiger partial charge in [0.25, 0.3) is 0 Å². The zero-order valence-corrected chi connectivity index (χ0v) is 12.2. The Balaban J connectivity index is 2.29. The highest BCUT2D eigenvalue weighted by Crippen LogP contribution is 2.35. The molecular weight excluding hydrogens is 228 g/mol. The van der Waals surface area contributed by atoms with Crippen LogP contribution in [0.2, 0.25) is 0 Å². The predicted molar refractivity (Wildman–Crippen MR) is 73.5 cm³/mol. The summed E-state index contributed by atoms with van der Waals surface area (Å²) in [5, 5.41) is 6.33. The zero-order valence-electron chi connectivity index (χ0n) is 12.2. The molecule has 18 heavy (non-hydrogen) atoms. The SMILES string of the molecule is COCC(C)NC(=O)CNC1CCCCC1(C)C. The molecule has 4 nitrogen and oxygen atoms in total. The van der Waals surface area contributed by atoms with Crippen molar-refractivity contribution < 1.29 is 9.53 Å². The van der Waals surface area contributed by atoms with Gasteiger partial charge in [-0.25, -0.2) is 0 Å². The maximum absolute atomic E-state index is 11.8. The molecule has 1 aliphatic carbocycles. The van der Waals surface area contributed by atoms with E-state index in [0.29, 0.717) is 24.6 Å². The Hall–Kier alpha value is -0.610. The van der Waals surface area contributed by atoms with E-state index in [1.165, 1.54) is 25.7 Å². The van der Waals surface area contributed by atoms with Gasteiger partial charge >= 0.3 is 0 Å². The van der Waals surface area contributed by atoms with Gasteiger partial charge in [0.05, 0.1) is 13.2 Å². The number of hydrogen-bond donors (Lipinski definition) is 2. The maximum Gasteiger partial charge on any atom is 0.234 e. The summed E-state index contributed by atoms with van der Waals surface area (Å²) in [6.07, 6.45) is 4.99. The van der Waals surface area contributed by atoms with Crippen molar-refractivity contribution in [2.24, 2.45) is 5.41 Å². The summed E-state index contributed by atoms with van der Waals surface area (Å²) < 4.78 is 5.00. The van der Waals surface area contributed by atoms with Gasteiger partial charge in [0, 0.05) is 19.2 Å². The minimum atomic E-state index is 0.0564. The zero-order chi connectivity index (χ0) is 13.6. The average molecular weight is 256 g/mol. The molecule has 1 rings (SSSR count). The Kier molecular flexibility index (Phi) is 6.09. The predicted octanol–water partition coefficient (Wildman–Crippen LogP) is 1.70. The van der Waals surface area contributed by atoms with Crippen LogP contribution in [0.5, 0.6) is 0 Å². The third kappa shape index (κ3) is 4.94. The van der Waals surface area contributed by atoms with E-state index >= 15 is 0 Å². The number of carbonyl (C=O) groups excluding carboxylic acids is 1. The molecule has 0 radical (unpaired) electrons.